The second-order valence-corrected chi connectivity index (χ2v) is 6.24. The van der Waals surface area contributed by atoms with Gasteiger partial charge in [0.25, 0.3) is 5.91 Å². The summed E-state index contributed by atoms with van der Waals surface area (Å²) in [7, 11) is 0. The zero-order valence-electron chi connectivity index (χ0n) is 11.3. The number of aromatic nitrogens is 1. The molecular weight excluding hydrogens is 291 g/mol. The molecule has 6 heteroatoms. The van der Waals surface area contributed by atoms with E-state index >= 15 is 0 Å². The summed E-state index contributed by atoms with van der Waals surface area (Å²) >= 11 is 1.35. The van der Waals surface area contributed by atoms with Crippen molar-refractivity contribution in [2.24, 2.45) is 5.41 Å². The Morgan fingerprint density at radius 3 is 2.71 bits per heavy atom. The lowest BCUT2D eigenvalue weighted by molar-refractivity contribution is 0.0931. The first-order chi connectivity index (χ1) is 10.1. The van der Waals surface area contributed by atoms with Crippen LogP contribution in [0.25, 0.3) is 10.6 Å². The molecule has 0 saturated heterocycles. The van der Waals surface area contributed by atoms with Crippen molar-refractivity contribution in [3.8, 4) is 10.6 Å². The van der Waals surface area contributed by atoms with Gasteiger partial charge in [-0.1, -0.05) is 0 Å². The number of halogens is 1. The number of aliphatic hydroxyl groups is 1. The minimum atomic E-state index is -0.299. The molecule has 1 saturated carbocycles. The van der Waals surface area contributed by atoms with Crippen LogP contribution in [0.1, 0.15) is 23.3 Å². The standard InChI is InChI=1S/C15H15FN2O2S/c16-11-3-1-10(2-4-11)14-18-12(7-21-14)13(20)17-8-15(9-19)5-6-15/h1-4,7,19H,5-6,8-9H2,(H,17,20). The maximum absolute atomic E-state index is 12.9. The highest BCUT2D eigenvalue weighted by molar-refractivity contribution is 7.13. The molecule has 1 aliphatic rings. The van der Waals surface area contributed by atoms with Gasteiger partial charge in [-0.3, -0.25) is 4.79 Å². The summed E-state index contributed by atoms with van der Waals surface area (Å²) in [5.41, 5.74) is 1.02. The van der Waals surface area contributed by atoms with Crippen LogP contribution in [0.4, 0.5) is 4.39 Å². The number of aliphatic hydroxyl groups excluding tert-OH is 1. The Kier molecular flexibility index (Phi) is 3.73. The zero-order chi connectivity index (χ0) is 14.9. The molecule has 0 atom stereocenters. The van der Waals surface area contributed by atoms with Crippen molar-refractivity contribution in [3.05, 3.63) is 41.2 Å². The van der Waals surface area contributed by atoms with Gasteiger partial charge in [-0.05, 0) is 37.1 Å². The lowest BCUT2D eigenvalue weighted by atomic mass is 10.1. The van der Waals surface area contributed by atoms with Gasteiger partial charge in [0.1, 0.15) is 16.5 Å². The predicted molar refractivity (Wildman–Crippen MR) is 78.6 cm³/mol. The van der Waals surface area contributed by atoms with E-state index in [9.17, 15) is 14.3 Å². The highest BCUT2D eigenvalue weighted by atomic mass is 32.1. The van der Waals surface area contributed by atoms with E-state index in [1.807, 2.05) is 0 Å². The summed E-state index contributed by atoms with van der Waals surface area (Å²) in [6.45, 7) is 0.580. The van der Waals surface area contributed by atoms with Crippen LogP contribution in [0.5, 0.6) is 0 Å². The van der Waals surface area contributed by atoms with Crippen LogP contribution in [-0.2, 0) is 0 Å². The Balaban J connectivity index is 1.66. The third-order valence-electron chi connectivity index (χ3n) is 3.74. The minimum Gasteiger partial charge on any atom is -0.396 e. The molecule has 0 aliphatic heterocycles. The van der Waals surface area contributed by atoms with Gasteiger partial charge in [-0.15, -0.1) is 11.3 Å². The van der Waals surface area contributed by atoms with Gasteiger partial charge in [-0.25, -0.2) is 9.37 Å². The zero-order valence-corrected chi connectivity index (χ0v) is 12.1. The molecule has 1 fully saturated rings. The minimum absolute atomic E-state index is 0.102. The third-order valence-corrected chi connectivity index (χ3v) is 4.64. The van der Waals surface area contributed by atoms with Crippen molar-refractivity contribution < 1.29 is 14.3 Å². The van der Waals surface area contributed by atoms with E-state index in [1.165, 1.54) is 23.5 Å². The van der Waals surface area contributed by atoms with Gasteiger partial charge < -0.3 is 10.4 Å². The summed E-state index contributed by atoms with van der Waals surface area (Å²) < 4.78 is 12.9. The van der Waals surface area contributed by atoms with E-state index < -0.39 is 0 Å². The fourth-order valence-electron chi connectivity index (χ4n) is 2.03. The molecule has 4 nitrogen and oxygen atoms in total. The number of carbonyl (C=O) groups is 1. The van der Waals surface area contributed by atoms with Gasteiger partial charge in [0.05, 0.1) is 6.61 Å². The van der Waals surface area contributed by atoms with Crippen molar-refractivity contribution in [1.29, 1.82) is 0 Å². The topological polar surface area (TPSA) is 62.2 Å². The SMILES string of the molecule is O=C(NCC1(CO)CC1)c1csc(-c2ccc(F)cc2)n1. The van der Waals surface area contributed by atoms with Gasteiger partial charge in [0.15, 0.2) is 0 Å². The molecule has 2 N–H and O–H groups in total. The molecular formula is C15H15FN2O2S. The summed E-state index contributed by atoms with van der Waals surface area (Å²) in [6.07, 6.45) is 1.89. The first kappa shape index (κ1) is 14.2. The molecule has 2 aromatic rings. The molecule has 21 heavy (non-hydrogen) atoms. The molecule has 1 amide bonds. The number of rotatable bonds is 5. The average Bonchev–Trinajstić information content (AvgIpc) is 3.12. The van der Waals surface area contributed by atoms with Crippen molar-refractivity contribution in [2.45, 2.75) is 12.8 Å². The van der Waals surface area contributed by atoms with Gasteiger partial charge in [0, 0.05) is 22.9 Å². The Hall–Kier alpha value is -1.79. The average molecular weight is 306 g/mol. The van der Waals surface area contributed by atoms with Crippen LogP contribution in [0.15, 0.2) is 29.6 Å². The van der Waals surface area contributed by atoms with E-state index in [0.717, 1.165) is 18.4 Å². The van der Waals surface area contributed by atoms with Crippen molar-refractivity contribution >= 4 is 17.2 Å². The number of thiazole rings is 1. The van der Waals surface area contributed by atoms with E-state index in [1.54, 1.807) is 17.5 Å². The van der Waals surface area contributed by atoms with Crippen LogP contribution >= 0.6 is 11.3 Å². The number of hydrogen-bond donors (Lipinski definition) is 2. The number of nitrogens with zero attached hydrogens (tertiary/aromatic N) is 1. The van der Waals surface area contributed by atoms with E-state index in [2.05, 4.69) is 10.3 Å². The number of hydrogen-bond acceptors (Lipinski definition) is 4. The Morgan fingerprint density at radius 2 is 2.10 bits per heavy atom. The Labute approximate surface area is 125 Å². The van der Waals surface area contributed by atoms with Crippen molar-refractivity contribution in [2.75, 3.05) is 13.2 Å². The van der Waals surface area contributed by atoms with E-state index in [4.69, 9.17) is 0 Å². The maximum Gasteiger partial charge on any atom is 0.270 e. The maximum atomic E-state index is 12.9. The summed E-state index contributed by atoms with van der Waals surface area (Å²) in [4.78, 5) is 16.3. The first-order valence-corrected chi connectivity index (χ1v) is 7.60. The highest BCUT2D eigenvalue weighted by Crippen LogP contribution is 2.44. The molecule has 110 valence electrons. The van der Waals surface area contributed by atoms with Gasteiger partial charge >= 0.3 is 0 Å². The smallest absolute Gasteiger partial charge is 0.270 e. The lowest BCUT2D eigenvalue weighted by Gasteiger charge is -2.11. The third kappa shape index (κ3) is 3.11. The molecule has 1 heterocycles. The lowest BCUT2D eigenvalue weighted by Crippen LogP contribution is -2.32. The normalized spacial score (nSPS) is 15.7. The number of amides is 1. The Morgan fingerprint density at radius 1 is 1.38 bits per heavy atom. The van der Waals surface area contributed by atoms with E-state index in [-0.39, 0.29) is 23.7 Å². The monoisotopic (exact) mass is 306 g/mol. The molecule has 1 aromatic carbocycles. The van der Waals surface area contributed by atoms with Crippen LogP contribution < -0.4 is 5.32 Å². The van der Waals surface area contributed by atoms with Crippen LogP contribution in [-0.4, -0.2) is 29.1 Å². The van der Waals surface area contributed by atoms with Crippen LogP contribution in [0.3, 0.4) is 0 Å². The van der Waals surface area contributed by atoms with E-state index in [0.29, 0.717) is 17.2 Å². The Bertz CT molecular complexity index is 650. The highest BCUT2D eigenvalue weighted by Gasteiger charge is 2.42. The van der Waals surface area contributed by atoms with Gasteiger partial charge in [0.2, 0.25) is 0 Å². The van der Waals surface area contributed by atoms with Crippen molar-refractivity contribution in [1.82, 2.24) is 10.3 Å². The molecule has 0 bridgehead atoms. The molecule has 0 unspecified atom stereocenters. The van der Waals surface area contributed by atoms with Gasteiger partial charge in [-0.2, -0.15) is 0 Å². The summed E-state index contributed by atoms with van der Waals surface area (Å²) in [5, 5.41) is 14.4. The quantitative estimate of drug-likeness (QED) is 0.892. The number of benzene rings is 1. The summed E-state index contributed by atoms with van der Waals surface area (Å²) in [6, 6.07) is 6.02. The molecule has 3 rings (SSSR count). The second-order valence-electron chi connectivity index (χ2n) is 5.39. The first-order valence-electron chi connectivity index (χ1n) is 6.72. The fourth-order valence-corrected chi connectivity index (χ4v) is 2.84. The number of carbonyl (C=O) groups excluding carboxylic acids is 1. The summed E-state index contributed by atoms with van der Waals surface area (Å²) in [5.74, 6) is -0.536. The predicted octanol–water partition coefficient (Wildman–Crippen LogP) is 2.45. The van der Waals surface area contributed by atoms with Crippen LogP contribution in [0.2, 0.25) is 0 Å². The molecule has 0 radical (unpaired) electrons. The largest absolute Gasteiger partial charge is 0.396 e. The van der Waals surface area contributed by atoms with Crippen LogP contribution in [0, 0.1) is 11.2 Å². The molecule has 0 spiro atoms. The second kappa shape index (κ2) is 5.54. The van der Waals surface area contributed by atoms with Crippen molar-refractivity contribution in [3.63, 3.8) is 0 Å². The molecule has 1 aromatic heterocycles. The number of nitrogens with one attached hydrogen (secondary N) is 1. The fraction of sp³-hybridized carbons (Fsp3) is 0.333. The molecule has 1 aliphatic carbocycles.